The third-order valence-electron chi connectivity index (χ3n) is 4.14. The van der Waals surface area contributed by atoms with Crippen molar-refractivity contribution in [2.24, 2.45) is 5.92 Å². The third-order valence-corrected chi connectivity index (χ3v) is 5.29. The normalized spacial score (nSPS) is 23.0. The van der Waals surface area contributed by atoms with Crippen LogP contribution in [0.2, 0.25) is 0 Å². The summed E-state index contributed by atoms with van der Waals surface area (Å²) in [6.07, 6.45) is 3.58. The Kier molecular flexibility index (Phi) is 4.19. The zero-order chi connectivity index (χ0) is 14.9. The van der Waals surface area contributed by atoms with E-state index in [2.05, 4.69) is 10.6 Å². The number of hydrogen-bond donors (Lipinski definition) is 2. The molecule has 1 aliphatic heterocycles. The van der Waals surface area contributed by atoms with Crippen LogP contribution in [0.25, 0.3) is 0 Å². The van der Waals surface area contributed by atoms with Gasteiger partial charge >= 0.3 is 0 Å². The first kappa shape index (κ1) is 14.8. The molecule has 0 radical (unpaired) electrons. The van der Waals surface area contributed by atoms with E-state index >= 15 is 0 Å². The van der Waals surface area contributed by atoms with Crippen LogP contribution >= 0.6 is 0 Å². The molecule has 1 saturated carbocycles. The van der Waals surface area contributed by atoms with Crippen LogP contribution < -0.4 is 14.9 Å². The minimum Gasteiger partial charge on any atom is -0.314 e. The van der Waals surface area contributed by atoms with E-state index in [0.717, 1.165) is 43.7 Å². The number of nitrogens with one attached hydrogen (secondary N) is 2. The van der Waals surface area contributed by atoms with Gasteiger partial charge < -0.3 is 10.6 Å². The molecule has 1 saturated heterocycles. The van der Waals surface area contributed by atoms with Crippen LogP contribution in [0, 0.1) is 5.92 Å². The standard InChI is InChI=1S/C15H23N3O2S/c1-21(19,20)18(11-12-6-7-12)15-5-3-2-4-13(15)14-10-16-8-9-17-14/h2-5,12,14,16-17H,6-11H2,1H3. The van der Waals surface area contributed by atoms with E-state index in [0.29, 0.717) is 12.5 Å². The van der Waals surface area contributed by atoms with E-state index in [1.54, 1.807) is 4.31 Å². The van der Waals surface area contributed by atoms with Crippen LogP contribution in [0.15, 0.2) is 24.3 Å². The zero-order valence-corrected chi connectivity index (χ0v) is 13.2. The number of rotatable bonds is 5. The average molecular weight is 309 g/mol. The van der Waals surface area contributed by atoms with Crippen molar-refractivity contribution >= 4 is 15.7 Å². The quantitative estimate of drug-likeness (QED) is 0.855. The average Bonchev–Trinajstić information content (AvgIpc) is 3.29. The number of benzene rings is 1. The van der Waals surface area contributed by atoms with Crippen molar-refractivity contribution in [3.05, 3.63) is 29.8 Å². The van der Waals surface area contributed by atoms with Gasteiger partial charge in [-0.05, 0) is 30.4 Å². The molecule has 1 atom stereocenters. The van der Waals surface area contributed by atoms with Gasteiger partial charge in [0.1, 0.15) is 0 Å². The van der Waals surface area contributed by atoms with Crippen molar-refractivity contribution in [2.45, 2.75) is 18.9 Å². The van der Waals surface area contributed by atoms with Crippen molar-refractivity contribution in [1.29, 1.82) is 0 Å². The van der Waals surface area contributed by atoms with Gasteiger partial charge in [-0.1, -0.05) is 18.2 Å². The van der Waals surface area contributed by atoms with Crippen LogP contribution in [-0.2, 0) is 10.0 Å². The Labute approximate surface area is 126 Å². The van der Waals surface area contributed by atoms with Crippen molar-refractivity contribution in [3.8, 4) is 0 Å². The molecule has 0 spiro atoms. The molecule has 0 amide bonds. The predicted octanol–water partition coefficient (Wildman–Crippen LogP) is 1.10. The first-order valence-corrected chi connectivity index (χ1v) is 9.41. The second-order valence-electron chi connectivity index (χ2n) is 6.01. The highest BCUT2D eigenvalue weighted by Gasteiger charge is 2.31. The van der Waals surface area contributed by atoms with Crippen LogP contribution in [0.1, 0.15) is 24.4 Å². The molecule has 2 fully saturated rings. The SMILES string of the molecule is CS(=O)(=O)N(CC1CC1)c1ccccc1C1CNCCN1. The smallest absolute Gasteiger partial charge is 0.232 e. The second kappa shape index (κ2) is 5.94. The van der Waals surface area contributed by atoms with Gasteiger partial charge in [-0.2, -0.15) is 0 Å². The fourth-order valence-electron chi connectivity index (χ4n) is 2.83. The lowest BCUT2D eigenvalue weighted by atomic mass is 10.0. The summed E-state index contributed by atoms with van der Waals surface area (Å²) in [7, 11) is -3.25. The Morgan fingerprint density at radius 2 is 2.00 bits per heavy atom. The van der Waals surface area contributed by atoms with E-state index < -0.39 is 10.0 Å². The molecule has 1 aromatic rings. The molecule has 1 heterocycles. The van der Waals surface area contributed by atoms with E-state index in [-0.39, 0.29) is 6.04 Å². The maximum Gasteiger partial charge on any atom is 0.232 e. The van der Waals surface area contributed by atoms with Gasteiger partial charge in [0.15, 0.2) is 0 Å². The van der Waals surface area contributed by atoms with Gasteiger partial charge in [-0.15, -0.1) is 0 Å². The lowest BCUT2D eigenvalue weighted by Gasteiger charge is -2.31. The monoisotopic (exact) mass is 309 g/mol. The minimum atomic E-state index is -3.25. The summed E-state index contributed by atoms with van der Waals surface area (Å²) in [6.45, 7) is 3.30. The Hall–Kier alpha value is -1.11. The highest BCUT2D eigenvalue weighted by atomic mass is 32.2. The molecule has 116 valence electrons. The summed E-state index contributed by atoms with van der Waals surface area (Å²) >= 11 is 0. The van der Waals surface area contributed by atoms with Gasteiger partial charge in [0.05, 0.1) is 11.9 Å². The molecule has 6 heteroatoms. The highest BCUT2D eigenvalue weighted by molar-refractivity contribution is 7.92. The van der Waals surface area contributed by atoms with E-state index in [4.69, 9.17) is 0 Å². The van der Waals surface area contributed by atoms with E-state index in [9.17, 15) is 8.42 Å². The van der Waals surface area contributed by atoms with Crippen molar-refractivity contribution in [2.75, 3.05) is 36.7 Å². The van der Waals surface area contributed by atoms with Crippen molar-refractivity contribution in [3.63, 3.8) is 0 Å². The second-order valence-corrected chi connectivity index (χ2v) is 7.91. The lowest BCUT2D eigenvalue weighted by Crippen LogP contribution is -2.43. The van der Waals surface area contributed by atoms with Crippen LogP contribution in [0.5, 0.6) is 0 Å². The molecule has 1 aromatic carbocycles. The fourth-order valence-corrected chi connectivity index (χ4v) is 3.84. The number of nitrogens with zero attached hydrogens (tertiary/aromatic N) is 1. The lowest BCUT2D eigenvalue weighted by molar-refractivity contribution is 0.430. The molecular weight excluding hydrogens is 286 g/mol. The van der Waals surface area contributed by atoms with Gasteiger partial charge in [-0.25, -0.2) is 8.42 Å². The number of sulfonamides is 1. The summed E-state index contributed by atoms with van der Waals surface area (Å²) < 4.78 is 26.0. The maximum absolute atomic E-state index is 12.2. The Morgan fingerprint density at radius 1 is 1.24 bits per heavy atom. The van der Waals surface area contributed by atoms with E-state index in [1.807, 2.05) is 24.3 Å². The Balaban J connectivity index is 1.94. The maximum atomic E-state index is 12.2. The fraction of sp³-hybridized carbons (Fsp3) is 0.600. The summed E-state index contributed by atoms with van der Waals surface area (Å²) in [5.41, 5.74) is 1.89. The molecule has 0 bridgehead atoms. The molecule has 21 heavy (non-hydrogen) atoms. The predicted molar refractivity (Wildman–Crippen MR) is 85.0 cm³/mol. The first-order chi connectivity index (χ1) is 10.1. The van der Waals surface area contributed by atoms with Crippen molar-refractivity contribution in [1.82, 2.24) is 10.6 Å². The number of anilines is 1. The number of para-hydroxylation sites is 1. The Morgan fingerprint density at radius 3 is 2.62 bits per heavy atom. The summed E-state index contributed by atoms with van der Waals surface area (Å²) in [4.78, 5) is 0. The topological polar surface area (TPSA) is 61.4 Å². The largest absolute Gasteiger partial charge is 0.314 e. The first-order valence-electron chi connectivity index (χ1n) is 7.56. The third kappa shape index (κ3) is 3.56. The molecular formula is C15H23N3O2S. The molecule has 2 aliphatic rings. The van der Waals surface area contributed by atoms with Gasteiger partial charge in [0.25, 0.3) is 0 Å². The minimum absolute atomic E-state index is 0.165. The van der Waals surface area contributed by atoms with Crippen LogP contribution in [-0.4, -0.2) is 40.9 Å². The number of piperazine rings is 1. The van der Waals surface area contributed by atoms with Crippen molar-refractivity contribution < 1.29 is 8.42 Å². The summed E-state index contributed by atoms with van der Waals surface area (Å²) in [5, 5.41) is 6.83. The molecule has 0 aromatic heterocycles. The summed E-state index contributed by atoms with van der Waals surface area (Å²) in [5.74, 6) is 0.519. The van der Waals surface area contributed by atoms with Gasteiger partial charge in [0.2, 0.25) is 10.0 Å². The molecule has 2 N–H and O–H groups in total. The summed E-state index contributed by atoms with van der Waals surface area (Å²) in [6, 6.07) is 8.02. The number of hydrogen-bond acceptors (Lipinski definition) is 4. The highest BCUT2D eigenvalue weighted by Crippen LogP contribution is 2.35. The molecule has 1 aliphatic carbocycles. The van der Waals surface area contributed by atoms with Crippen LogP contribution in [0.4, 0.5) is 5.69 Å². The van der Waals surface area contributed by atoms with E-state index in [1.165, 1.54) is 6.26 Å². The molecule has 1 unspecified atom stereocenters. The Bertz CT molecular complexity index is 593. The molecule has 3 rings (SSSR count). The van der Waals surface area contributed by atoms with Crippen LogP contribution in [0.3, 0.4) is 0 Å². The van der Waals surface area contributed by atoms with Gasteiger partial charge in [0, 0.05) is 32.2 Å². The zero-order valence-electron chi connectivity index (χ0n) is 12.4. The van der Waals surface area contributed by atoms with Gasteiger partial charge in [-0.3, -0.25) is 4.31 Å². The molecule has 5 nitrogen and oxygen atoms in total.